The van der Waals surface area contributed by atoms with E-state index in [-0.39, 0.29) is 0 Å². The van der Waals surface area contributed by atoms with Crippen molar-refractivity contribution >= 4 is 11.6 Å². The Morgan fingerprint density at radius 1 is 1.30 bits per heavy atom. The summed E-state index contributed by atoms with van der Waals surface area (Å²) in [6, 6.07) is 0. The maximum Gasteiger partial charge on any atom is 0.0108 e. The summed E-state index contributed by atoms with van der Waals surface area (Å²) in [5.74, 6) is 0.852. The fraction of sp³-hybridized carbons (Fsp3) is 1.00. The summed E-state index contributed by atoms with van der Waals surface area (Å²) in [6.45, 7) is 5.73. The molecule has 0 unspecified atom stereocenters. The molecule has 10 heavy (non-hydrogen) atoms. The van der Waals surface area contributed by atoms with Gasteiger partial charge in [0.2, 0.25) is 0 Å². The summed E-state index contributed by atoms with van der Waals surface area (Å²) in [5.41, 5.74) is 0. The highest BCUT2D eigenvalue weighted by molar-refractivity contribution is 6.15. The first-order valence-corrected chi connectivity index (χ1v) is 4.45. The van der Waals surface area contributed by atoms with Gasteiger partial charge in [-0.2, -0.15) is 0 Å². The predicted molar refractivity (Wildman–Crippen MR) is 49.8 cm³/mol. The van der Waals surface area contributed by atoms with Crippen LogP contribution < -0.4 is 0 Å². The minimum Gasteiger partial charge on any atom is -0.309 e. The molecule has 0 saturated heterocycles. The Bertz CT molecular complexity index is 55.2. The minimum absolute atomic E-state index is 0.852. The standard InChI is InChI=1S/C7H17N.CH3Cl/c1-5-7(2)6-8(3)4;1-2/h7H,5-6H2,1-4H3;1H3/t7-;/m1./s1. The van der Waals surface area contributed by atoms with Crippen LogP contribution in [0.4, 0.5) is 0 Å². The summed E-state index contributed by atoms with van der Waals surface area (Å²) < 4.78 is 0. The fourth-order valence-electron chi connectivity index (χ4n) is 0.752. The lowest BCUT2D eigenvalue weighted by molar-refractivity contribution is 0.334. The van der Waals surface area contributed by atoms with Gasteiger partial charge in [-0.15, -0.1) is 11.6 Å². The molecule has 0 spiro atoms. The van der Waals surface area contributed by atoms with Crippen molar-refractivity contribution in [3.63, 3.8) is 0 Å². The molecular formula is C8H20ClN. The van der Waals surface area contributed by atoms with Crippen LogP contribution in [0.15, 0.2) is 0 Å². The van der Waals surface area contributed by atoms with E-state index in [1.54, 1.807) is 0 Å². The Hall–Kier alpha value is 0.250. The van der Waals surface area contributed by atoms with E-state index >= 15 is 0 Å². The maximum atomic E-state index is 4.64. The van der Waals surface area contributed by atoms with E-state index in [2.05, 4.69) is 44.4 Å². The minimum atomic E-state index is 0.852. The zero-order valence-electron chi connectivity index (χ0n) is 7.82. The monoisotopic (exact) mass is 165 g/mol. The predicted octanol–water partition coefficient (Wildman–Crippen LogP) is 2.45. The van der Waals surface area contributed by atoms with Crippen LogP contribution in [0.3, 0.4) is 0 Å². The largest absolute Gasteiger partial charge is 0.309 e. The van der Waals surface area contributed by atoms with Gasteiger partial charge in [-0.25, -0.2) is 0 Å². The van der Waals surface area contributed by atoms with Gasteiger partial charge in [-0.1, -0.05) is 20.3 Å². The van der Waals surface area contributed by atoms with E-state index < -0.39 is 0 Å². The number of halogens is 1. The van der Waals surface area contributed by atoms with Crippen LogP contribution in [-0.2, 0) is 0 Å². The van der Waals surface area contributed by atoms with Crippen molar-refractivity contribution in [3.8, 4) is 0 Å². The molecule has 0 aromatic heterocycles. The van der Waals surface area contributed by atoms with Crippen molar-refractivity contribution in [2.45, 2.75) is 20.3 Å². The zero-order chi connectivity index (χ0) is 8.57. The summed E-state index contributed by atoms with van der Waals surface area (Å²) in [7, 11) is 4.23. The molecule has 0 bridgehead atoms. The molecule has 64 valence electrons. The third-order valence-electron chi connectivity index (χ3n) is 1.37. The number of rotatable bonds is 3. The van der Waals surface area contributed by atoms with Crippen molar-refractivity contribution < 1.29 is 0 Å². The summed E-state index contributed by atoms with van der Waals surface area (Å²) >= 11 is 4.64. The molecule has 0 saturated carbocycles. The van der Waals surface area contributed by atoms with E-state index in [1.807, 2.05) is 0 Å². The third-order valence-corrected chi connectivity index (χ3v) is 1.37. The van der Waals surface area contributed by atoms with Crippen LogP contribution in [0.25, 0.3) is 0 Å². The quantitative estimate of drug-likeness (QED) is 0.581. The lowest BCUT2D eigenvalue weighted by Gasteiger charge is -2.13. The number of alkyl halides is 1. The molecule has 0 aromatic carbocycles. The van der Waals surface area contributed by atoms with E-state index in [0.717, 1.165) is 5.92 Å². The van der Waals surface area contributed by atoms with Crippen molar-refractivity contribution in [2.24, 2.45) is 5.92 Å². The molecule has 0 heterocycles. The maximum absolute atomic E-state index is 4.64. The number of nitrogens with zero attached hydrogens (tertiary/aromatic N) is 1. The van der Waals surface area contributed by atoms with E-state index in [9.17, 15) is 0 Å². The van der Waals surface area contributed by atoms with Crippen LogP contribution in [0.2, 0.25) is 0 Å². The van der Waals surface area contributed by atoms with E-state index in [0.29, 0.717) is 0 Å². The number of hydrogen-bond donors (Lipinski definition) is 0. The Labute approximate surface area is 70.4 Å². The van der Waals surface area contributed by atoms with Gasteiger partial charge in [-0.3, -0.25) is 0 Å². The number of hydrogen-bond acceptors (Lipinski definition) is 1. The van der Waals surface area contributed by atoms with Crippen LogP contribution >= 0.6 is 11.6 Å². The van der Waals surface area contributed by atoms with Gasteiger partial charge >= 0.3 is 0 Å². The molecule has 0 radical (unpaired) electrons. The summed E-state index contributed by atoms with van der Waals surface area (Å²) in [5, 5.41) is 0. The van der Waals surface area contributed by atoms with Crippen molar-refractivity contribution in [3.05, 3.63) is 0 Å². The van der Waals surface area contributed by atoms with Gasteiger partial charge in [0.05, 0.1) is 0 Å². The highest BCUT2D eigenvalue weighted by Gasteiger charge is 1.97. The Balaban J connectivity index is 0. The molecule has 0 amide bonds. The third kappa shape index (κ3) is 11.1. The lowest BCUT2D eigenvalue weighted by Crippen LogP contribution is -2.18. The normalized spacial score (nSPS) is 12.3. The molecular weight excluding hydrogens is 146 g/mol. The van der Waals surface area contributed by atoms with Crippen LogP contribution in [0.1, 0.15) is 20.3 Å². The molecule has 0 N–H and O–H groups in total. The van der Waals surface area contributed by atoms with Gasteiger partial charge in [0, 0.05) is 12.9 Å². The van der Waals surface area contributed by atoms with Gasteiger partial charge < -0.3 is 4.90 Å². The topological polar surface area (TPSA) is 3.24 Å². The molecule has 0 aromatic rings. The Kier molecular flexibility index (Phi) is 11.9. The van der Waals surface area contributed by atoms with Gasteiger partial charge in [0.15, 0.2) is 0 Å². The Morgan fingerprint density at radius 3 is 1.80 bits per heavy atom. The first kappa shape index (κ1) is 12.9. The summed E-state index contributed by atoms with van der Waals surface area (Å²) in [4.78, 5) is 2.23. The highest BCUT2D eigenvalue weighted by Crippen LogP contribution is 1.99. The SMILES string of the molecule is CC[C@@H](C)CN(C)C.CCl. The first-order chi connectivity index (χ1) is 4.66. The average molecular weight is 166 g/mol. The molecule has 0 fully saturated rings. The molecule has 1 atom stereocenters. The molecule has 1 nitrogen and oxygen atoms in total. The second-order valence-corrected chi connectivity index (χ2v) is 2.78. The van der Waals surface area contributed by atoms with Gasteiger partial charge in [-0.05, 0) is 20.0 Å². The van der Waals surface area contributed by atoms with E-state index in [1.165, 1.54) is 19.3 Å². The van der Waals surface area contributed by atoms with Gasteiger partial charge in [0.1, 0.15) is 0 Å². The van der Waals surface area contributed by atoms with Crippen LogP contribution in [0.5, 0.6) is 0 Å². The van der Waals surface area contributed by atoms with Crippen molar-refractivity contribution in [2.75, 3.05) is 27.0 Å². The molecule has 0 aliphatic rings. The Morgan fingerprint density at radius 2 is 1.70 bits per heavy atom. The lowest BCUT2D eigenvalue weighted by atomic mass is 10.1. The molecule has 0 aliphatic carbocycles. The summed E-state index contributed by atoms with van der Waals surface area (Å²) in [6.07, 6.45) is 2.76. The van der Waals surface area contributed by atoms with Gasteiger partial charge in [0.25, 0.3) is 0 Å². The molecule has 0 rings (SSSR count). The van der Waals surface area contributed by atoms with Crippen LogP contribution in [0, 0.1) is 5.92 Å². The second kappa shape index (κ2) is 9.25. The first-order valence-electron chi connectivity index (χ1n) is 3.69. The smallest absolute Gasteiger partial charge is 0.0108 e. The molecule has 0 aliphatic heterocycles. The highest BCUT2D eigenvalue weighted by atomic mass is 35.5. The zero-order valence-corrected chi connectivity index (χ0v) is 8.57. The average Bonchev–Trinajstić information content (AvgIpc) is 1.91. The van der Waals surface area contributed by atoms with Crippen molar-refractivity contribution in [1.82, 2.24) is 4.90 Å². The second-order valence-electron chi connectivity index (χ2n) is 2.78. The van der Waals surface area contributed by atoms with Crippen LogP contribution in [-0.4, -0.2) is 31.9 Å². The molecule has 2 heteroatoms. The fourth-order valence-corrected chi connectivity index (χ4v) is 0.752. The van der Waals surface area contributed by atoms with E-state index in [4.69, 9.17) is 0 Å². The van der Waals surface area contributed by atoms with Crippen molar-refractivity contribution in [1.29, 1.82) is 0 Å².